The highest BCUT2D eigenvalue weighted by molar-refractivity contribution is 6.17. The number of benzene rings is 7. The lowest BCUT2D eigenvalue weighted by atomic mass is 10.1. The van der Waals surface area contributed by atoms with E-state index in [0.717, 1.165) is 60.5 Å². The molecule has 0 unspecified atom stereocenters. The summed E-state index contributed by atoms with van der Waals surface area (Å²) in [5.74, 6) is 0. The number of oxazole rings is 1. The van der Waals surface area contributed by atoms with E-state index in [9.17, 15) is 0 Å². The van der Waals surface area contributed by atoms with Gasteiger partial charge in [0.25, 0.3) is 0 Å². The maximum Gasteiger partial charge on any atom is 0.307 e. The molecule has 4 heterocycles. The van der Waals surface area contributed by atoms with Gasteiger partial charge in [-0.2, -0.15) is 4.98 Å². The predicted molar refractivity (Wildman–Crippen MR) is 187 cm³/mol. The number of hydrogen-bond acceptors (Lipinski definition) is 3. The summed E-state index contributed by atoms with van der Waals surface area (Å²) in [6.07, 6.45) is 0. The van der Waals surface area contributed by atoms with Gasteiger partial charge in [-0.1, -0.05) is 84.9 Å². The van der Waals surface area contributed by atoms with Gasteiger partial charge < -0.3 is 13.4 Å². The molecule has 0 saturated carbocycles. The molecule has 0 spiro atoms. The Morgan fingerprint density at radius 1 is 0.435 bits per heavy atom. The van der Waals surface area contributed by atoms with E-state index in [-0.39, 0.29) is 0 Å². The number of rotatable bonds is 2. The monoisotopic (exact) mass is 589 g/mol. The second-order valence-corrected chi connectivity index (χ2v) is 12.0. The van der Waals surface area contributed by atoms with E-state index in [2.05, 4.69) is 118 Å². The van der Waals surface area contributed by atoms with Crippen molar-refractivity contribution in [2.75, 3.05) is 0 Å². The summed E-state index contributed by atoms with van der Waals surface area (Å²) in [5, 5.41) is 9.11. The molecular weight excluding hydrogens is 566 g/mol. The first kappa shape index (κ1) is 24.0. The van der Waals surface area contributed by atoms with Gasteiger partial charge in [-0.05, 0) is 65.4 Å². The van der Waals surface area contributed by atoms with Gasteiger partial charge in [0, 0.05) is 32.6 Å². The maximum atomic E-state index is 6.78. The Morgan fingerprint density at radius 3 is 1.89 bits per heavy atom. The first-order chi connectivity index (χ1) is 22.8. The highest BCUT2D eigenvalue weighted by Gasteiger charge is 2.21. The molecular formula is C41H23N3O2. The SMILES string of the molecule is c1ccc2cc3c(cc2c1)c1ccc(-n2c4ccccc4c4ccccc42)cc1n3-c1nc2ccc3oc4ccccc4c3c2o1. The first-order valence-corrected chi connectivity index (χ1v) is 15.5. The summed E-state index contributed by atoms with van der Waals surface area (Å²) in [4.78, 5) is 5.11. The van der Waals surface area contributed by atoms with E-state index in [1.165, 1.54) is 32.6 Å². The lowest BCUT2D eigenvalue weighted by Crippen LogP contribution is -1.97. The van der Waals surface area contributed by atoms with E-state index in [0.29, 0.717) is 6.01 Å². The molecule has 0 N–H and O–H groups in total. The van der Waals surface area contributed by atoms with Crippen LogP contribution in [-0.2, 0) is 0 Å². The number of aromatic nitrogens is 3. The largest absolute Gasteiger partial charge is 0.456 e. The van der Waals surface area contributed by atoms with Gasteiger partial charge >= 0.3 is 6.01 Å². The van der Waals surface area contributed by atoms with Crippen LogP contribution in [0.5, 0.6) is 0 Å². The minimum absolute atomic E-state index is 0.530. The number of hydrogen-bond donors (Lipinski definition) is 0. The van der Waals surface area contributed by atoms with Crippen LogP contribution in [0.2, 0.25) is 0 Å². The fourth-order valence-corrected chi connectivity index (χ4v) is 7.52. The van der Waals surface area contributed by atoms with Crippen LogP contribution < -0.4 is 0 Å². The van der Waals surface area contributed by atoms with Crippen molar-refractivity contribution in [3.05, 3.63) is 140 Å². The fourth-order valence-electron chi connectivity index (χ4n) is 7.52. The van der Waals surface area contributed by atoms with Gasteiger partial charge in [0.2, 0.25) is 0 Å². The number of fused-ring (bicyclic) bond motifs is 12. The Hall–Kier alpha value is -6.33. The number of furan rings is 1. The molecule has 46 heavy (non-hydrogen) atoms. The van der Waals surface area contributed by atoms with Crippen LogP contribution in [-0.4, -0.2) is 14.1 Å². The zero-order chi connectivity index (χ0) is 29.9. The van der Waals surface area contributed by atoms with Crippen molar-refractivity contribution < 1.29 is 8.83 Å². The highest BCUT2D eigenvalue weighted by Crippen LogP contribution is 2.40. The van der Waals surface area contributed by atoms with Crippen molar-refractivity contribution in [1.82, 2.24) is 14.1 Å². The Kier molecular flexibility index (Phi) is 4.52. The van der Waals surface area contributed by atoms with Crippen molar-refractivity contribution in [3.8, 4) is 11.7 Å². The summed E-state index contributed by atoms with van der Waals surface area (Å²) in [7, 11) is 0. The van der Waals surface area contributed by atoms with Crippen LogP contribution in [0.1, 0.15) is 0 Å². The van der Waals surface area contributed by atoms with Gasteiger partial charge in [-0.25, -0.2) is 0 Å². The third-order valence-electron chi connectivity index (χ3n) is 9.53. The molecule has 5 heteroatoms. The van der Waals surface area contributed by atoms with E-state index in [1.807, 2.05) is 30.3 Å². The molecule has 5 nitrogen and oxygen atoms in total. The molecule has 0 amide bonds. The van der Waals surface area contributed by atoms with Crippen LogP contribution in [0, 0.1) is 0 Å². The standard InChI is InChI=1S/C41H23N3O2/c1-2-10-25-22-35-31(21-24(25)9-1)29-18-17-26(43-33-14-6-3-11-27(33)28-12-4-7-15-34(28)43)23-36(29)44(35)41-42-32-19-20-38-39(40(32)46-41)30-13-5-8-16-37(30)45-38/h1-23H. The van der Waals surface area contributed by atoms with E-state index in [4.69, 9.17) is 13.8 Å². The average Bonchev–Trinajstić information content (AvgIpc) is 3.85. The zero-order valence-electron chi connectivity index (χ0n) is 24.4. The molecule has 214 valence electrons. The molecule has 0 aliphatic carbocycles. The van der Waals surface area contributed by atoms with Gasteiger partial charge in [-0.15, -0.1) is 0 Å². The second-order valence-electron chi connectivity index (χ2n) is 12.0. The Bertz CT molecular complexity index is 2990. The topological polar surface area (TPSA) is 49.0 Å². The molecule has 0 aliphatic heterocycles. The molecule has 4 aromatic heterocycles. The van der Waals surface area contributed by atoms with Crippen LogP contribution in [0.25, 0.3) is 99.1 Å². The maximum absolute atomic E-state index is 6.78. The lowest BCUT2D eigenvalue weighted by Gasteiger charge is -2.09. The fraction of sp³-hybridized carbons (Fsp3) is 0. The van der Waals surface area contributed by atoms with E-state index in [1.54, 1.807) is 0 Å². The summed E-state index contributed by atoms with van der Waals surface area (Å²) in [5.41, 5.74) is 8.66. The predicted octanol–water partition coefficient (Wildman–Crippen LogP) is 11.1. The lowest BCUT2D eigenvalue weighted by molar-refractivity contribution is 0.577. The molecule has 0 fully saturated rings. The van der Waals surface area contributed by atoms with Crippen LogP contribution >= 0.6 is 0 Å². The summed E-state index contributed by atoms with van der Waals surface area (Å²) >= 11 is 0. The van der Waals surface area contributed by atoms with Crippen molar-refractivity contribution in [2.45, 2.75) is 0 Å². The van der Waals surface area contributed by atoms with Crippen LogP contribution in [0.3, 0.4) is 0 Å². The Labute approximate surface area is 261 Å². The Morgan fingerprint density at radius 2 is 1.09 bits per heavy atom. The minimum Gasteiger partial charge on any atom is -0.456 e. The smallest absolute Gasteiger partial charge is 0.307 e. The third kappa shape index (κ3) is 3.11. The van der Waals surface area contributed by atoms with E-state index < -0.39 is 0 Å². The number of para-hydroxylation sites is 3. The highest BCUT2D eigenvalue weighted by atomic mass is 16.4. The molecule has 0 aliphatic rings. The molecule has 0 atom stereocenters. The van der Waals surface area contributed by atoms with Crippen molar-refractivity contribution in [2.24, 2.45) is 0 Å². The average molecular weight is 590 g/mol. The van der Waals surface area contributed by atoms with Crippen molar-refractivity contribution >= 4 is 87.4 Å². The third-order valence-corrected chi connectivity index (χ3v) is 9.53. The summed E-state index contributed by atoms with van der Waals surface area (Å²) in [6.45, 7) is 0. The molecule has 0 bridgehead atoms. The normalized spacial score (nSPS) is 12.3. The van der Waals surface area contributed by atoms with Crippen molar-refractivity contribution in [3.63, 3.8) is 0 Å². The summed E-state index contributed by atoms with van der Waals surface area (Å²) in [6, 6.07) is 49.6. The summed E-state index contributed by atoms with van der Waals surface area (Å²) < 4.78 is 17.5. The second kappa shape index (κ2) is 8.65. The first-order valence-electron chi connectivity index (χ1n) is 15.5. The zero-order valence-corrected chi connectivity index (χ0v) is 24.4. The quantitative estimate of drug-likeness (QED) is 0.202. The van der Waals surface area contributed by atoms with Crippen LogP contribution in [0.4, 0.5) is 0 Å². The van der Waals surface area contributed by atoms with E-state index >= 15 is 0 Å². The van der Waals surface area contributed by atoms with Gasteiger partial charge in [0.05, 0.1) is 27.5 Å². The van der Waals surface area contributed by atoms with Crippen LogP contribution in [0.15, 0.2) is 148 Å². The molecule has 0 saturated heterocycles. The van der Waals surface area contributed by atoms with Gasteiger partial charge in [0.15, 0.2) is 5.58 Å². The number of nitrogens with zero attached hydrogens (tertiary/aromatic N) is 3. The van der Waals surface area contributed by atoms with Gasteiger partial charge in [-0.3, -0.25) is 4.57 Å². The molecule has 11 aromatic rings. The molecule has 7 aromatic carbocycles. The molecule has 0 radical (unpaired) electrons. The van der Waals surface area contributed by atoms with Crippen molar-refractivity contribution in [1.29, 1.82) is 0 Å². The Balaban J connectivity index is 1.27. The van der Waals surface area contributed by atoms with Gasteiger partial charge in [0.1, 0.15) is 16.7 Å². The minimum atomic E-state index is 0.530. The molecule has 11 rings (SSSR count).